The third-order valence-electron chi connectivity index (χ3n) is 2.61. The smallest absolute Gasteiger partial charge is 0.175 e. The Morgan fingerprint density at radius 1 is 1.26 bits per heavy atom. The van der Waals surface area contributed by atoms with Gasteiger partial charge in [-0.15, -0.1) is 0 Å². The normalized spacial score (nSPS) is 11.4. The van der Waals surface area contributed by atoms with Crippen molar-refractivity contribution in [2.45, 2.75) is 17.9 Å². The maximum Gasteiger partial charge on any atom is 0.175 e. The van der Waals surface area contributed by atoms with Gasteiger partial charge in [-0.25, -0.2) is 8.42 Å². The van der Waals surface area contributed by atoms with Gasteiger partial charge in [-0.1, -0.05) is 0 Å². The molecule has 0 aliphatic carbocycles. The Labute approximate surface area is 112 Å². The van der Waals surface area contributed by atoms with Crippen molar-refractivity contribution in [3.8, 4) is 5.75 Å². The van der Waals surface area contributed by atoms with Crippen LogP contribution in [0.2, 0.25) is 0 Å². The summed E-state index contributed by atoms with van der Waals surface area (Å²) in [7, 11) is -3.14. The van der Waals surface area contributed by atoms with Crippen molar-refractivity contribution in [3.05, 3.63) is 42.7 Å². The number of nitrogens with zero attached hydrogens (tertiary/aromatic N) is 2. The van der Waals surface area contributed by atoms with E-state index in [1.165, 1.54) is 6.26 Å². The van der Waals surface area contributed by atoms with E-state index in [1.807, 2.05) is 16.9 Å². The number of benzene rings is 1. The molecule has 1 aromatic carbocycles. The Morgan fingerprint density at radius 3 is 2.58 bits per heavy atom. The highest BCUT2D eigenvalue weighted by Crippen LogP contribution is 2.15. The van der Waals surface area contributed by atoms with Gasteiger partial charge in [-0.2, -0.15) is 5.10 Å². The van der Waals surface area contributed by atoms with E-state index in [0.717, 1.165) is 13.0 Å². The van der Waals surface area contributed by atoms with Crippen LogP contribution in [-0.4, -0.2) is 31.1 Å². The summed E-state index contributed by atoms with van der Waals surface area (Å²) >= 11 is 0. The van der Waals surface area contributed by atoms with Crippen LogP contribution in [0.3, 0.4) is 0 Å². The molecule has 19 heavy (non-hydrogen) atoms. The molecular formula is C13H16N2O3S. The molecule has 0 radical (unpaired) electrons. The molecule has 0 spiro atoms. The van der Waals surface area contributed by atoms with Gasteiger partial charge in [0.25, 0.3) is 0 Å². The molecule has 1 aromatic heterocycles. The summed E-state index contributed by atoms with van der Waals surface area (Å²) < 4.78 is 30.0. The summed E-state index contributed by atoms with van der Waals surface area (Å²) in [5.41, 5.74) is 0. The highest BCUT2D eigenvalue weighted by molar-refractivity contribution is 7.90. The number of sulfone groups is 1. The summed E-state index contributed by atoms with van der Waals surface area (Å²) in [6.45, 7) is 1.37. The van der Waals surface area contributed by atoms with Crippen LogP contribution in [0.5, 0.6) is 5.75 Å². The van der Waals surface area contributed by atoms with Gasteiger partial charge in [0, 0.05) is 31.6 Å². The summed E-state index contributed by atoms with van der Waals surface area (Å²) in [6.07, 6.45) is 5.67. The SMILES string of the molecule is CS(=O)(=O)c1ccc(OCCCn2cccn2)cc1. The Morgan fingerprint density at radius 2 is 2.00 bits per heavy atom. The molecule has 0 N–H and O–H groups in total. The summed E-state index contributed by atoms with van der Waals surface area (Å²) in [6, 6.07) is 8.33. The lowest BCUT2D eigenvalue weighted by atomic mass is 10.3. The van der Waals surface area contributed by atoms with E-state index in [-0.39, 0.29) is 0 Å². The molecule has 102 valence electrons. The van der Waals surface area contributed by atoms with Gasteiger partial charge in [-0.3, -0.25) is 4.68 Å². The van der Waals surface area contributed by atoms with Crippen LogP contribution in [0, 0.1) is 0 Å². The molecule has 0 amide bonds. The van der Waals surface area contributed by atoms with Crippen molar-refractivity contribution in [2.24, 2.45) is 0 Å². The summed E-state index contributed by atoms with van der Waals surface area (Å²) in [4.78, 5) is 0.302. The predicted octanol–water partition coefficient (Wildman–Crippen LogP) is 1.76. The number of ether oxygens (including phenoxy) is 1. The molecule has 0 aliphatic rings. The van der Waals surface area contributed by atoms with Crippen LogP contribution in [0.25, 0.3) is 0 Å². The van der Waals surface area contributed by atoms with E-state index >= 15 is 0 Å². The largest absolute Gasteiger partial charge is 0.494 e. The van der Waals surface area contributed by atoms with Crippen LogP contribution in [0.1, 0.15) is 6.42 Å². The van der Waals surface area contributed by atoms with Crippen LogP contribution in [0.15, 0.2) is 47.6 Å². The Kier molecular flexibility index (Phi) is 4.21. The predicted molar refractivity (Wildman–Crippen MR) is 71.9 cm³/mol. The Bertz CT molecular complexity index is 604. The average molecular weight is 280 g/mol. The first kappa shape index (κ1) is 13.6. The van der Waals surface area contributed by atoms with E-state index in [1.54, 1.807) is 30.5 Å². The minimum absolute atomic E-state index is 0.302. The second kappa shape index (κ2) is 5.88. The van der Waals surface area contributed by atoms with Gasteiger partial charge >= 0.3 is 0 Å². The van der Waals surface area contributed by atoms with Crippen molar-refractivity contribution < 1.29 is 13.2 Å². The minimum atomic E-state index is -3.14. The molecule has 0 saturated carbocycles. The van der Waals surface area contributed by atoms with Crippen molar-refractivity contribution in [1.29, 1.82) is 0 Å². The van der Waals surface area contributed by atoms with Crippen molar-refractivity contribution in [2.75, 3.05) is 12.9 Å². The standard InChI is InChI=1S/C13H16N2O3S/c1-19(16,17)13-6-4-12(5-7-13)18-11-3-10-15-9-2-8-14-15/h2,4-9H,3,10-11H2,1H3. The fourth-order valence-corrected chi connectivity index (χ4v) is 2.26. The molecule has 0 saturated heterocycles. The number of rotatable bonds is 6. The van der Waals surface area contributed by atoms with Crippen LogP contribution >= 0.6 is 0 Å². The fourth-order valence-electron chi connectivity index (χ4n) is 1.63. The van der Waals surface area contributed by atoms with Crippen LogP contribution < -0.4 is 4.74 Å². The molecule has 2 rings (SSSR count). The third kappa shape index (κ3) is 4.10. The van der Waals surface area contributed by atoms with E-state index in [2.05, 4.69) is 5.10 Å². The van der Waals surface area contributed by atoms with Crippen molar-refractivity contribution in [3.63, 3.8) is 0 Å². The van der Waals surface area contributed by atoms with Gasteiger partial charge < -0.3 is 4.74 Å². The molecule has 2 aromatic rings. The molecule has 1 heterocycles. The maximum absolute atomic E-state index is 11.3. The topological polar surface area (TPSA) is 61.2 Å². The minimum Gasteiger partial charge on any atom is -0.494 e. The van der Waals surface area contributed by atoms with E-state index in [9.17, 15) is 8.42 Å². The number of aryl methyl sites for hydroxylation is 1. The first-order chi connectivity index (χ1) is 9.05. The first-order valence-electron chi connectivity index (χ1n) is 5.96. The molecule has 0 aliphatic heterocycles. The molecule has 0 fully saturated rings. The van der Waals surface area contributed by atoms with Crippen LogP contribution in [-0.2, 0) is 16.4 Å². The maximum atomic E-state index is 11.3. The van der Waals surface area contributed by atoms with Gasteiger partial charge in [-0.05, 0) is 30.3 Å². The van der Waals surface area contributed by atoms with Crippen LogP contribution in [0.4, 0.5) is 0 Å². The average Bonchev–Trinajstić information content (AvgIpc) is 2.87. The summed E-state index contributed by atoms with van der Waals surface area (Å²) in [5.74, 6) is 0.674. The van der Waals surface area contributed by atoms with Gasteiger partial charge in [0.2, 0.25) is 0 Å². The molecule has 0 bridgehead atoms. The van der Waals surface area contributed by atoms with Gasteiger partial charge in [0.1, 0.15) is 5.75 Å². The van der Waals surface area contributed by atoms with E-state index in [0.29, 0.717) is 17.3 Å². The van der Waals surface area contributed by atoms with Gasteiger partial charge in [0.15, 0.2) is 9.84 Å². The first-order valence-corrected chi connectivity index (χ1v) is 7.85. The lowest BCUT2D eigenvalue weighted by Gasteiger charge is -2.07. The highest BCUT2D eigenvalue weighted by Gasteiger charge is 2.06. The van der Waals surface area contributed by atoms with E-state index in [4.69, 9.17) is 4.74 Å². The zero-order valence-corrected chi connectivity index (χ0v) is 11.5. The lowest BCUT2D eigenvalue weighted by Crippen LogP contribution is -2.05. The molecule has 0 unspecified atom stereocenters. The number of hydrogen-bond acceptors (Lipinski definition) is 4. The Hall–Kier alpha value is -1.82. The van der Waals surface area contributed by atoms with E-state index < -0.39 is 9.84 Å². The molecule has 0 atom stereocenters. The van der Waals surface area contributed by atoms with Gasteiger partial charge in [0.05, 0.1) is 11.5 Å². The second-order valence-corrected chi connectivity index (χ2v) is 6.23. The zero-order valence-electron chi connectivity index (χ0n) is 10.7. The Balaban J connectivity index is 1.80. The quantitative estimate of drug-likeness (QED) is 0.756. The monoisotopic (exact) mass is 280 g/mol. The number of aromatic nitrogens is 2. The van der Waals surface area contributed by atoms with Crippen molar-refractivity contribution in [1.82, 2.24) is 9.78 Å². The molecular weight excluding hydrogens is 264 g/mol. The lowest BCUT2D eigenvalue weighted by molar-refractivity contribution is 0.298. The third-order valence-corrected chi connectivity index (χ3v) is 3.74. The highest BCUT2D eigenvalue weighted by atomic mass is 32.2. The zero-order chi connectivity index (χ0) is 13.7. The summed E-state index contributed by atoms with van der Waals surface area (Å²) in [5, 5.41) is 4.09. The fraction of sp³-hybridized carbons (Fsp3) is 0.308. The number of hydrogen-bond donors (Lipinski definition) is 0. The molecule has 5 nitrogen and oxygen atoms in total. The second-order valence-electron chi connectivity index (χ2n) is 4.21. The van der Waals surface area contributed by atoms with Crippen molar-refractivity contribution >= 4 is 9.84 Å². The molecule has 6 heteroatoms.